The van der Waals surface area contributed by atoms with Crippen LogP contribution in [0, 0.1) is 22.7 Å². The number of hydrogen-bond acceptors (Lipinski definition) is 9. The van der Waals surface area contributed by atoms with Gasteiger partial charge in [0.05, 0.1) is 34.2 Å². The van der Waals surface area contributed by atoms with E-state index in [-0.39, 0.29) is 5.95 Å². The van der Waals surface area contributed by atoms with Crippen molar-refractivity contribution in [2.75, 3.05) is 28.6 Å². The molecule has 0 radical (unpaired) electrons. The van der Waals surface area contributed by atoms with Gasteiger partial charge in [-0.25, -0.2) is 0 Å². The molecule has 2 atom stereocenters. The molecule has 10 nitrogen and oxygen atoms in total. The van der Waals surface area contributed by atoms with Gasteiger partial charge in [-0.2, -0.15) is 30.1 Å². The topological polar surface area (TPSA) is 130 Å². The summed E-state index contributed by atoms with van der Waals surface area (Å²) in [7, 11) is 0. The standard InChI is InChI=1S/C22H23ClN10/c1-12-10-32(11-13(2)27-12)18-6-14(7-24)5-17(19(18)23)29-21-30-20-15(8-25)9-26-33(20)22(31-21)28-16-3-4-16/h5-6,9,12-13,16,27H,3-4,10-11H2,1-2H3,(H2,28,29,30,31)/t12-,13+. The number of anilines is 4. The smallest absolute Gasteiger partial charge is 0.232 e. The quantitative estimate of drug-likeness (QED) is 0.523. The molecule has 1 saturated carbocycles. The van der Waals surface area contributed by atoms with Crippen LogP contribution in [0.4, 0.5) is 23.3 Å². The maximum atomic E-state index is 9.64. The van der Waals surface area contributed by atoms with Gasteiger partial charge in [-0.15, -0.1) is 0 Å². The van der Waals surface area contributed by atoms with Crippen molar-refractivity contribution in [1.29, 1.82) is 10.5 Å². The SMILES string of the molecule is C[C@@H]1CN(c2cc(C#N)cc(Nc3nc(NC4CC4)n4ncc(C#N)c4n3)c2Cl)C[C@H](C)N1. The fourth-order valence-corrected chi connectivity index (χ4v) is 4.43. The first-order valence-corrected chi connectivity index (χ1v) is 11.3. The van der Waals surface area contributed by atoms with Gasteiger partial charge in [-0.1, -0.05) is 11.6 Å². The molecule has 0 spiro atoms. The van der Waals surface area contributed by atoms with Gasteiger partial charge in [0.1, 0.15) is 11.6 Å². The fourth-order valence-electron chi connectivity index (χ4n) is 4.15. The number of hydrogen-bond donors (Lipinski definition) is 3. The predicted molar refractivity (Wildman–Crippen MR) is 126 cm³/mol. The molecule has 0 bridgehead atoms. The lowest BCUT2D eigenvalue weighted by Crippen LogP contribution is -2.54. The van der Waals surface area contributed by atoms with Crippen LogP contribution in [-0.2, 0) is 0 Å². The van der Waals surface area contributed by atoms with E-state index in [0.29, 0.717) is 51.6 Å². The number of nitrogens with one attached hydrogen (secondary N) is 3. The molecule has 168 valence electrons. The van der Waals surface area contributed by atoms with Crippen LogP contribution in [0.5, 0.6) is 0 Å². The highest BCUT2D eigenvalue weighted by Gasteiger charge is 2.26. The van der Waals surface area contributed by atoms with E-state index in [9.17, 15) is 10.5 Å². The normalized spacial score (nSPS) is 20.3. The van der Waals surface area contributed by atoms with Gasteiger partial charge in [0, 0.05) is 31.2 Å². The molecule has 1 aliphatic carbocycles. The van der Waals surface area contributed by atoms with Crippen molar-refractivity contribution in [1.82, 2.24) is 24.9 Å². The molecule has 1 saturated heterocycles. The Morgan fingerprint density at radius 2 is 1.88 bits per heavy atom. The first-order chi connectivity index (χ1) is 15.9. The summed E-state index contributed by atoms with van der Waals surface area (Å²) >= 11 is 6.83. The highest BCUT2D eigenvalue weighted by atomic mass is 35.5. The zero-order valence-electron chi connectivity index (χ0n) is 18.3. The van der Waals surface area contributed by atoms with E-state index >= 15 is 0 Å². The van der Waals surface area contributed by atoms with Crippen LogP contribution in [-0.4, -0.2) is 50.8 Å². The third-order valence-electron chi connectivity index (χ3n) is 5.73. The molecule has 2 aliphatic rings. The Kier molecular flexibility index (Phi) is 5.41. The number of rotatable bonds is 5. The van der Waals surface area contributed by atoms with Crippen molar-refractivity contribution < 1.29 is 0 Å². The van der Waals surface area contributed by atoms with Gasteiger partial charge in [0.15, 0.2) is 5.65 Å². The molecular weight excluding hydrogens is 440 g/mol. The van der Waals surface area contributed by atoms with E-state index in [1.807, 2.05) is 6.07 Å². The third kappa shape index (κ3) is 4.23. The second-order valence-electron chi connectivity index (χ2n) is 8.66. The molecule has 2 fully saturated rings. The van der Waals surface area contributed by atoms with Crippen LogP contribution in [0.1, 0.15) is 37.8 Å². The maximum absolute atomic E-state index is 9.64. The zero-order valence-corrected chi connectivity index (χ0v) is 19.1. The van der Waals surface area contributed by atoms with Crippen LogP contribution in [0.3, 0.4) is 0 Å². The van der Waals surface area contributed by atoms with E-state index < -0.39 is 0 Å². The Bertz CT molecular complexity index is 1290. The molecule has 33 heavy (non-hydrogen) atoms. The zero-order chi connectivity index (χ0) is 23.1. The molecular formula is C22H23ClN10. The van der Waals surface area contributed by atoms with Gasteiger partial charge in [0.2, 0.25) is 11.9 Å². The van der Waals surface area contributed by atoms with Gasteiger partial charge in [-0.05, 0) is 38.8 Å². The molecule has 3 aromatic rings. The Labute approximate surface area is 196 Å². The Morgan fingerprint density at radius 1 is 1.12 bits per heavy atom. The van der Waals surface area contributed by atoms with Crippen molar-refractivity contribution >= 4 is 40.5 Å². The second-order valence-corrected chi connectivity index (χ2v) is 9.04. The van der Waals surface area contributed by atoms with Gasteiger partial charge >= 0.3 is 0 Å². The first-order valence-electron chi connectivity index (χ1n) is 10.9. The van der Waals surface area contributed by atoms with Gasteiger partial charge < -0.3 is 20.9 Å². The Morgan fingerprint density at radius 3 is 2.55 bits per heavy atom. The fraction of sp³-hybridized carbons (Fsp3) is 0.409. The number of piperazine rings is 1. The molecule has 5 rings (SSSR count). The molecule has 0 amide bonds. The average molecular weight is 463 g/mol. The van der Waals surface area contributed by atoms with Crippen molar-refractivity contribution in [2.24, 2.45) is 0 Å². The lowest BCUT2D eigenvalue weighted by molar-refractivity contribution is 0.407. The number of fused-ring (bicyclic) bond motifs is 1. The summed E-state index contributed by atoms with van der Waals surface area (Å²) in [6.07, 6.45) is 3.59. The van der Waals surface area contributed by atoms with Crippen LogP contribution >= 0.6 is 11.6 Å². The summed E-state index contributed by atoms with van der Waals surface area (Å²) in [5, 5.41) is 33.8. The van der Waals surface area contributed by atoms with E-state index in [2.05, 4.69) is 61.9 Å². The number of halogens is 1. The summed E-state index contributed by atoms with van der Waals surface area (Å²) in [5.41, 5.74) is 2.55. The largest absolute Gasteiger partial charge is 0.367 e. The Hall–Kier alpha value is -3.60. The first kappa shape index (κ1) is 21.3. The molecule has 3 heterocycles. The van der Waals surface area contributed by atoms with E-state index in [0.717, 1.165) is 31.6 Å². The minimum atomic E-state index is 0.271. The summed E-state index contributed by atoms with van der Waals surface area (Å²) < 4.78 is 1.53. The summed E-state index contributed by atoms with van der Waals surface area (Å²) in [5.74, 6) is 0.775. The monoisotopic (exact) mass is 462 g/mol. The lowest BCUT2D eigenvalue weighted by Gasteiger charge is -2.38. The average Bonchev–Trinajstić information content (AvgIpc) is 3.50. The van der Waals surface area contributed by atoms with Crippen LogP contribution in [0.25, 0.3) is 5.65 Å². The third-order valence-corrected chi connectivity index (χ3v) is 6.12. The second kappa shape index (κ2) is 8.39. The number of nitriles is 2. The Balaban J connectivity index is 1.55. The van der Waals surface area contributed by atoms with Crippen molar-refractivity contribution in [2.45, 2.75) is 44.8 Å². The van der Waals surface area contributed by atoms with Crippen molar-refractivity contribution in [3.8, 4) is 12.1 Å². The predicted octanol–water partition coefficient (Wildman–Crippen LogP) is 3.03. The van der Waals surface area contributed by atoms with Crippen molar-refractivity contribution in [3.63, 3.8) is 0 Å². The minimum absolute atomic E-state index is 0.271. The van der Waals surface area contributed by atoms with E-state index in [1.165, 1.54) is 10.7 Å². The molecule has 3 N–H and O–H groups in total. The highest BCUT2D eigenvalue weighted by Crippen LogP contribution is 2.37. The maximum Gasteiger partial charge on any atom is 0.232 e. The summed E-state index contributed by atoms with van der Waals surface area (Å²) in [4.78, 5) is 11.3. The molecule has 1 aliphatic heterocycles. The van der Waals surface area contributed by atoms with Crippen LogP contribution in [0.2, 0.25) is 5.02 Å². The summed E-state index contributed by atoms with van der Waals surface area (Å²) in [6, 6.07) is 8.75. The molecule has 11 heteroatoms. The number of nitrogens with zero attached hydrogens (tertiary/aromatic N) is 7. The van der Waals surface area contributed by atoms with Crippen LogP contribution in [0.15, 0.2) is 18.3 Å². The number of benzene rings is 1. The molecule has 1 aromatic carbocycles. The van der Waals surface area contributed by atoms with E-state index in [1.54, 1.807) is 6.07 Å². The lowest BCUT2D eigenvalue weighted by atomic mass is 10.1. The number of aromatic nitrogens is 4. The van der Waals surface area contributed by atoms with Crippen molar-refractivity contribution in [3.05, 3.63) is 34.5 Å². The van der Waals surface area contributed by atoms with Crippen LogP contribution < -0.4 is 20.9 Å². The van der Waals surface area contributed by atoms with E-state index in [4.69, 9.17) is 11.6 Å². The molecule has 2 aromatic heterocycles. The van der Waals surface area contributed by atoms with Gasteiger partial charge in [-0.3, -0.25) is 0 Å². The molecule has 0 unspecified atom stereocenters. The minimum Gasteiger partial charge on any atom is -0.367 e. The van der Waals surface area contributed by atoms with Gasteiger partial charge in [0.25, 0.3) is 0 Å². The summed E-state index contributed by atoms with van der Waals surface area (Å²) in [6.45, 7) is 5.80. The highest BCUT2D eigenvalue weighted by molar-refractivity contribution is 6.36.